The van der Waals surface area contributed by atoms with Gasteiger partial charge in [-0.15, -0.1) is 5.06 Å². The molecule has 0 unspecified atom stereocenters. The second-order valence-electron chi connectivity index (χ2n) is 8.34. The molecule has 2 fully saturated rings. The van der Waals surface area contributed by atoms with E-state index in [1.807, 2.05) is 0 Å². The van der Waals surface area contributed by atoms with Crippen LogP contribution in [0, 0.1) is 5.92 Å². The van der Waals surface area contributed by atoms with E-state index in [4.69, 9.17) is 14.3 Å². The highest BCUT2D eigenvalue weighted by molar-refractivity contribution is 6.01. The minimum Gasteiger partial charge on any atom is -0.371 e. The molecule has 2 aliphatic carbocycles. The Labute approximate surface area is 182 Å². The average Bonchev–Trinajstić information content (AvgIpc) is 3.46. The Kier molecular flexibility index (Phi) is 9.02. The quantitative estimate of drug-likeness (QED) is 0.266. The van der Waals surface area contributed by atoms with Crippen molar-refractivity contribution in [1.29, 1.82) is 0 Å². The van der Waals surface area contributed by atoms with Crippen molar-refractivity contribution in [2.45, 2.75) is 64.2 Å². The van der Waals surface area contributed by atoms with Crippen molar-refractivity contribution in [3.8, 4) is 0 Å². The number of amides is 3. The zero-order chi connectivity index (χ0) is 22.1. The number of carbonyl (C=O) groups is 4. The van der Waals surface area contributed by atoms with E-state index in [2.05, 4.69) is 5.32 Å². The van der Waals surface area contributed by atoms with E-state index in [1.54, 1.807) is 0 Å². The molecule has 0 radical (unpaired) electrons. The number of ether oxygens (including phenoxy) is 2. The predicted octanol–water partition coefficient (Wildman–Crippen LogP) is 1.80. The average molecular weight is 437 g/mol. The first kappa shape index (κ1) is 23.4. The molecule has 172 valence electrons. The lowest BCUT2D eigenvalue weighted by molar-refractivity contribution is -0.200. The number of imide groups is 1. The molecule has 1 heterocycles. The van der Waals surface area contributed by atoms with Gasteiger partial charge in [0.15, 0.2) is 0 Å². The van der Waals surface area contributed by atoms with E-state index in [0.29, 0.717) is 30.6 Å². The first-order valence-electron chi connectivity index (χ1n) is 11.2. The third kappa shape index (κ3) is 8.06. The molecule has 1 N–H and O–H groups in total. The van der Waals surface area contributed by atoms with Crippen LogP contribution < -0.4 is 5.32 Å². The highest BCUT2D eigenvalue weighted by atomic mass is 16.7. The van der Waals surface area contributed by atoms with Gasteiger partial charge in [0.25, 0.3) is 11.8 Å². The summed E-state index contributed by atoms with van der Waals surface area (Å²) in [6, 6.07) is 0. The van der Waals surface area contributed by atoms with Gasteiger partial charge in [0.1, 0.15) is 13.2 Å². The van der Waals surface area contributed by atoms with Crippen LogP contribution >= 0.6 is 0 Å². The summed E-state index contributed by atoms with van der Waals surface area (Å²) in [4.78, 5) is 50.9. The molecule has 0 aromatic carbocycles. The Bertz CT molecular complexity index is 697. The van der Waals surface area contributed by atoms with Crippen LogP contribution in [0.25, 0.3) is 0 Å². The van der Waals surface area contributed by atoms with E-state index < -0.39 is 17.8 Å². The molecule has 31 heavy (non-hydrogen) atoms. The van der Waals surface area contributed by atoms with Crippen LogP contribution in [0.1, 0.15) is 64.2 Å². The van der Waals surface area contributed by atoms with Gasteiger partial charge in [0.2, 0.25) is 5.91 Å². The Morgan fingerprint density at radius 1 is 0.903 bits per heavy atom. The van der Waals surface area contributed by atoms with Crippen LogP contribution in [0.3, 0.4) is 0 Å². The maximum Gasteiger partial charge on any atom is 0.358 e. The number of rotatable bonds is 13. The molecule has 9 heteroatoms. The fourth-order valence-electron chi connectivity index (χ4n) is 3.94. The van der Waals surface area contributed by atoms with Crippen molar-refractivity contribution in [2.24, 2.45) is 5.92 Å². The van der Waals surface area contributed by atoms with E-state index in [0.717, 1.165) is 19.4 Å². The molecule has 1 saturated heterocycles. The Balaban J connectivity index is 1.16. The number of nitrogens with one attached hydrogen (secondary N) is 1. The van der Waals surface area contributed by atoms with Gasteiger partial charge in [0, 0.05) is 19.4 Å². The van der Waals surface area contributed by atoms with Gasteiger partial charge in [-0.05, 0) is 38.0 Å². The van der Waals surface area contributed by atoms with E-state index in [1.165, 1.54) is 43.3 Å². The zero-order valence-electron chi connectivity index (χ0n) is 18.0. The summed E-state index contributed by atoms with van der Waals surface area (Å²) < 4.78 is 10.7. The third-order valence-electron chi connectivity index (χ3n) is 5.86. The predicted molar refractivity (Wildman–Crippen MR) is 109 cm³/mol. The molecule has 3 rings (SSSR count). The maximum atomic E-state index is 11.8. The zero-order valence-corrected chi connectivity index (χ0v) is 18.0. The van der Waals surface area contributed by atoms with Gasteiger partial charge >= 0.3 is 5.97 Å². The summed E-state index contributed by atoms with van der Waals surface area (Å²) in [6.45, 7) is 1.43. The fraction of sp³-hybridized carbons (Fsp3) is 0.727. The van der Waals surface area contributed by atoms with Crippen molar-refractivity contribution in [3.05, 3.63) is 11.1 Å². The van der Waals surface area contributed by atoms with Crippen molar-refractivity contribution in [1.82, 2.24) is 10.4 Å². The van der Waals surface area contributed by atoms with Gasteiger partial charge < -0.3 is 19.6 Å². The smallest absolute Gasteiger partial charge is 0.358 e. The first-order valence-corrected chi connectivity index (χ1v) is 11.2. The van der Waals surface area contributed by atoms with Crippen molar-refractivity contribution >= 4 is 23.7 Å². The maximum absolute atomic E-state index is 11.8. The van der Waals surface area contributed by atoms with Crippen LogP contribution in [0.2, 0.25) is 0 Å². The van der Waals surface area contributed by atoms with Crippen LogP contribution in [0.5, 0.6) is 0 Å². The Hall–Kier alpha value is -2.26. The van der Waals surface area contributed by atoms with Gasteiger partial charge in [-0.1, -0.05) is 30.4 Å². The highest BCUT2D eigenvalue weighted by Crippen LogP contribution is 2.36. The second kappa shape index (κ2) is 12.0. The SMILES string of the molecule is O=C(COCCC1=C(CCOCC(=O)ON2C(=O)CCC2=O)C1)NCC1CCCCC1. The Morgan fingerprint density at radius 3 is 2.16 bits per heavy atom. The lowest BCUT2D eigenvalue weighted by Crippen LogP contribution is -2.33. The van der Waals surface area contributed by atoms with E-state index in [-0.39, 0.29) is 32.0 Å². The molecule has 0 aromatic heterocycles. The van der Waals surface area contributed by atoms with Crippen LogP contribution in [0.4, 0.5) is 0 Å². The first-order chi connectivity index (χ1) is 15.0. The summed E-state index contributed by atoms with van der Waals surface area (Å²) in [7, 11) is 0. The van der Waals surface area contributed by atoms with E-state index >= 15 is 0 Å². The summed E-state index contributed by atoms with van der Waals surface area (Å²) in [5, 5.41) is 3.48. The van der Waals surface area contributed by atoms with E-state index in [9.17, 15) is 19.2 Å². The topological polar surface area (TPSA) is 111 Å². The molecule has 0 atom stereocenters. The van der Waals surface area contributed by atoms with Gasteiger partial charge in [0.05, 0.1) is 13.2 Å². The van der Waals surface area contributed by atoms with Gasteiger partial charge in [-0.3, -0.25) is 14.4 Å². The van der Waals surface area contributed by atoms with Crippen LogP contribution in [0.15, 0.2) is 11.1 Å². The largest absolute Gasteiger partial charge is 0.371 e. The minimum atomic E-state index is -0.760. The lowest BCUT2D eigenvalue weighted by atomic mass is 9.89. The van der Waals surface area contributed by atoms with Crippen molar-refractivity contribution in [2.75, 3.05) is 33.0 Å². The second-order valence-corrected chi connectivity index (χ2v) is 8.34. The lowest BCUT2D eigenvalue weighted by Gasteiger charge is -2.21. The summed E-state index contributed by atoms with van der Waals surface area (Å²) in [6.07, 6.45) is 8.85. The molecule has 1 aliphatic heterocycles. The van der Waals surface area contributed by atoms with Gasteiger partial charge in [-0.25, -0.2) is 4.79 Å². The molecule has 3 amide bonds. The monoisotopic (exact) mass is 436 g/mol. The Morgan fingerprint density at radius 2 is 1.52 bits per heavy atom. The molecular weight excluding hydrogens is 404 g/mol. The summed E-state index contributed by atoms with van der Waals surface area (Å²) in [5.41, 5.74) is 2.59. The number of hydrogen-bond donors (Lipinski definition) is 1. The normalized spacial score (nSPS) is 19.2. The van der Waals surface area contributed by atoms with Gasteiger partial charge in [-0.2, -0.15) is 0 Å². The molecule has 0 bridgehead atoms. The molecule has 0 aromatic rings. The molecule has 0 spiro atoms. The summed E-state index contributed by atoms with van der Waals surface area (Å²) >= 11 is 0. The highest BCUT2D eigenvalue weighted by Gasteiger charge is 2.32. The van der Waals surface area contributed by atoms with Crippen LogP contribution in [-0.4, -0.2) is 61.7 Å². The molecular formula is C22H32N2O7. The van der Waals surface area contributed by atoms with Crippen molar-refractivity contribution < 1.29 is 33.5 Å². The fourth-order valence-corrected chi connectivity index (χ4v) is 3.94. The number of carbonyl (C=O) groups excluding carboxylic acids is 4. The van der Waals surface area contributed by atoms with Crippen molar-refractivity contribution in [3.63, 3.8) is 0 Å². The third-order valence-corrected chi connectivity index (χ3v) is 5.86. The molecule has 3 aliphatic rings. The molecule has 1 saturated carbocycles. The number of nitrogens with zero attached hydrogens (tertiary/aromatic N) is 1. The summed E-state index contributed by atoms with van der Waals surface area (Å²) in [5.74, 6) is -1.20. The minimum absolute atomic E-state index is 0.0480. The molecule has 9 nitrogen and oxygen atoms in total. The number of hydrogen-bond acceptors (Lipinski definition) is 7. The van der Waals surface area contributed by atoms with Crippen LogP contribution in [-0.2, 0) is 33.5 Å². The standard InChI is InChI=1S/C22H32N2O7/c25-19(23-13-16-4-2-1-3-5-16)14-29-10-8-17-12-18(17)9-11-30-15-22(28)31-24-20(26)6-7-21(24)27/h16H,1-15H2,(H,23,25). The number of hydroxylamine groups is 2.